The second-order valence-electron chi connectivity index (χ2n) is 4.40. The number of esters is 1. The van der Waals surface area contributed by atoms with Crippen molar-refractivity contribution in [2.24, 2.45) is 5.92 Å². The summed E-state index contributed by atoms with van der Waals surface area (Å²) in [7, 11) is 0. The second kappa shape index (κ2) is 6.71. The Morgan fingerprint density at radius 2 is 2.10 bits per heavy atom. The molecule has 0 amide bonds. The van der Waals surface area contributed by atoms with Gasteiger partial charge < -0.3 is 9.15 Å². The largest absolute Gasteiger partial charge is 0.469 e. The fourth-order valence-corrected chi connectivity index (χ4v) is 2.15. The van der Waals surface area contributed by atoms with Crippen LogP contribution in [0.5, 0.6) is 0 Å². The summed E-state index contributed by atoms with van der Waals surface area (Å²) in [5.41, 5.74) is 0.617. The highest BCUT2D eigenvalue weighted by Gasteiger charge is 2.34. The third kappa shape index (κ3) is 3.29. The minimum absolute atomic E-state index is 0.186. The van der Waals surface area contributed by atoms with Crippen LogP contribution in [0.3, 0.4) is 0 Å². The molecule has 0 saturated carbocycles. The van der Waals surface area contributed by atoms with Crippen LogP contribution in [0.25, 0.3) is 0 Å². The minimum atomic E-state index is -1.05. The van der Waals surface area contributed by atoms with E-state index in [1.54, 1.807) is 19.1 Å². The molecular weight excluding hydrogens is 273 g/mol. The zero-order chi connectivity index (χ0) is 15.2. The second-order valence-corrected chi connectivity index (χ2v) is 4.40. The van der Waals surface area contributed by atoms with Crippen LogP contribution in [-0.4, -0.2) is 12.6 Å². The lowest BCUT2D eigenvalue weighted by Crippen LogP contribution is -2.24. The molecule has 2 rings (SSSR count). The summed E-state index contributed by atoms with van der Waals surface area (Å²) in [6.45, 7) is 1.86. The highest BCUT2D eigenvalue weighted by Crippen LogP contribution is 2.33. The maximum absolute atomic E-state index is 13.1. The Morgan fingerprint density at radius 1 is 1.38 bits per heavy atom. The molecule has 0 aliphatic carbocycles. The van der Waals surface area contributed by atoms with Gasteiger partial charge in [-0.15, -0.1) is 0 Å². The van der Waals surface area contributed by atoms with Gasteiger partial charge in [-0.25, -0.2) is 4.39 Å². The smallest absolute Gasteiger partial charge is 0.324 e. The van der Waals surface area contributed by atoms with Crippen LogP contribution in [0.1, 0.15) is 24.2 Å². The van der Waals surface area contributed by atoms with Crippen molar-refractivity contribution in [1.29, 1.82) is 5.26 Å². The number of carbonyl (C=O) groups excluding carboxylic acids is 1. The summed E-state index contributed by atoms with van der Waals surface area (Å²) < 4.78 is 23.4. The van der Waals surface area contributed by atoms with Gasteiger partial charge in [-0.3, -0.25) is 4.79 Å². The topological polar surface area (TPSA) is 63.2 Å². The number of rotatable bonds is 5. The van der Waals surface area contributed by atoms with Crippen LogP contribution >= 0.6 is 0 Å². The molecule has 0 aliphatic rings. The third-order valence-corrected chi connectivity index (χ3v) is 3.09. The van der Waals surface area contributed by atoms with Gasteiger partial charge >= 0.3 is 5.97 Å². The quantitative estimate of drug-likeness (QED) is 0.792. The number of halogens is 1. The number of ether oxygens (including phenoxy) is 1. The molecule has 0 N–H and O–H groups in total. The SMILES string of the molecule is CCOC(=O)[C@H](C#N)[C@H](c1ccc(F)cc1)c1ccco1. The molecule has 0 bridgehead atoms. The monoisotopic (exact) mass is 287 g/mol. The molecule has 1 aromatic heterocycles. The number of hydrogen-bond acceptors (Lipinski definition) is 4. The molecule has 108 valence electrons. The lowest BCUT2D eigenvalue weighted by atomic mass is 9.85. The Morgan fingerprint density at radius 3 is 2.62 bits per heavy atom. The zero-order valence-electron chi connectivity index (χ0n) is 11.5. The Hall–Kier alpha value is -2.61. The summed E-state index contributed by atoms with van der Waals surface area (Å²) in [5, 5.41) is 9.34. The van der Waals surface area contributed by atoms with E-state index in [1.165, 1.54) is 30.5 Å². The van der Waals surface area contributed by atoms with Crippen molar-refractivity contribution < 1.29 is 18.3 Å². The van der Waals surface area contributed by atoms with Crippen molar-refractivity contribution >= 4 is 5.97 Å². The van der Waals surface area contributed by atoms with E-state index in [9.17, 15) is 14.4 Å². The zero-order valence-corrected chi connectivity index (χ0v) is 11.5. The molecule has 4 nitrogen and oxygen atoms in total. The van der Waals surface area contributed by atoms with Crippen LogP contribution in [-0.2, 0) is 9.53 Å². The molecule has 2 atom stereocenters. The predicted octanol–water partition coefficient (Wildman–Crippen LogP) is 3.25. The normalized spacial score (nSPS) is 13.2. The number of furan rings is 1. The first-order valence-electron chi connectivity index (χ1n) is 6.52. The van der Waals surface area contributed by atoms with E-state index in [0.29, 0.717) is 11.3 Å². The lowest BCUT2D eigenvalue weighted by molar-refractivity contribution is -0.146. The number of nitrogens with zero attached hydrogens (tertiary/aromatic N) is 1. The molecule has 0 radical (unpaired) electrons. The van der Waals surface area contributed by atoms with Gasteiger partial charge in [0.15, 0.2) is 5.92 Å². The molecule has 0 spiro atoms. The van der Waals surface area contributed by atoms with Gasteiger partial charge in [-0.2, -0.15) is 5.26 Å². The fourth-order valence-electron chi connectivity index (χ4n) is 2.15. The number of carbonyl (C=O) groups is 1. The average Bonchev–Trinajstić information content (AvgIpc) is 3.00. The van der Waals surface area contributed by atoms with Crippen molar-refractivity contribution in [2.75, 3.05) is 6.61 Å². The summed E-state index contributed by atoms with van der Waals surface area (Å²) in [5.74, 6) is -2.24. The van der Waals surface area contributed by atoms with Gasteiger partial charge in [0.2, 0.25) is 0 Å². The van der Waals surface area contributed by atoms with Crippen molar-refractivity contribution in [2.45, 2.75) is 12.8 Å². The van der Waals surface area contributed by atoms with Crippen molar-refractivity contribution in [3.8, 4) is 6.07 Å². The molecule has 0 unspecified atom stereocenters. The maximum Gasteiger partial charge on any atom is 0.324 e. The van der Waals surface area contributed by atoms with Crippen molar-refractivity contribution in [1.82, 2.24) is 0 Å². The first-order chi connectivity index (χ1) is 10.2. The molecule has 1 aromatic carbocycles. The molecule has 5 heteroatoms. The van der Waals surface area contributed by atoms with Gasteiger partial charge in [0, 0.05) is 0 Å². The van der Waals surface area contributed by atoms with Gasteiger partial charge in [0.1, 0.15) is 11.6 Å². The number of hydrogen-bond donors (Lipinski definition) is 0. The van der Waals surface area contributed by atoms with Gasteiger partial charge in [0.25, 0.3) is 0 Å². The molecular formula is C16H14FNO3. The molecule has 2 aromatic rings. The van der Waals surface area contributed by atoms with Crippen LogP contribution < -0.4 is 0 Å². The Kier molecular flexibility index (Phi) is 4.72. The van der Waals surface area contributed by atoms with E-state index in [1.807, 2.05) is 6.07 Å². The summed E-state index contributed by atoms with van der Waals surface area (Å²) in [6.07, 6.45) is 1.46. The van der Waals surface area contributed by atoms with E-state index in [2.05, 4.69) is 0 Å². The molecule has 0 aliphatic heterocycles. The van der Waals surface area contributed by atoms with Gasteiger partial charge in [0.05, 0.1) is 24.9 Å². The highest BCUT2D eigenvalue weighted by molar-refractivity contribution is 5.77. The minimum Gasteiger partial charge on any atom is -0.469 e. The molecule has 1 heterocycles. The molecule has 0 saturated heterocycles. The summed E-state index contributed by atoms with van der Waals surface area (Å²) in [6, 6.07) is 10.9. The maximum atomic E-state index is 13.1. The summed E-state index contributed by atoms with van der Waals surface area (Å²) >= 11 is 0. The number of benzene rings is 1. The molecule has 21 heavy (non-hydrogen) atoms. The Labute approximate surface area is 121 Å². The Bertz CT molecular complexity index is 629. The lowest BCUT2D eigenvalue weighted by Gasteiger charge is -2.19. The van der Waals surface area contributed by atoms with Gasteiger partial charge in [-0.1, -0.05) is 12.1 Å². The van der Waals surface area contributed by atoms with Crippen LogP contribution in [0, 0.1) is 23.1 Å². The third-order valence-electron chi connectivity index (χ3n) is 3.09. The summed E-state index contributed by atoms with van der Waals surface area (Å²) in [4.78, 5) is 12.0. The van der Waals surface area contributed by atoms with Crippen LogP contribution in [0.2, 0.25) is 0 Å². The van der Waals surface area contributed by atoms with Crippen LogP contribution in [0.4, 0.5) is 4.39 Å². The van der Waals surface area contributed by atoms with Crippen molar-refractivity contribution in [3.05, 3.63) is 59.8 Å². The van der Waals surface area contributed by atoms with Gasteiger partial charge in [-0.05, 0) is 36.8 Å². The van der Waals surface area contributed by atoms with E-state index >= 15 is 0 Å². The first kappa shape index (κ1) is 14.8. The van der Waals surface area contributed by atoms with Crippen LogP contribution in [0.15, 0.2) is 47.1 Å². The highest BCUT2D eigenvalue weighted by atomic mass is 19.1. The average molecular weight is 287 g/mol. The van der Waals surface area contributed by atoms with Crippen molar-refractivity contribution in [3.63, 3.8) is 0 Å². The van der Waals surface area contributed by atoms with E-state index in [-0.39, 0.29) is 12.4 Å². The first-order valence-corrected chi connectivity index (χ1v) is 6.52. The molecule has 0 fully saturated rings. The van der Waals surface area contributed by atoms with E-state index in [4.69, 9.17) is 9.15 Å². The van der Waals surface area contributed by atoms with E-state index in [0.717, 1.165) is 0 Å². The standard InChI is InChI=1S/C16H14FNO3/c1-2-20-16(19)13(10-18)15(14-4-3-9-21-14)11-5-7-12(17)8-6-11/h3-9,13,15H,2H2,1H3/t13-,15+/m1/s1. The number of nitriles is 1. The predicted molar refractivity (Wildman–Crippen MR) is 72.7 cm³/mol. The Balaban J connectivity index is 2.43. The fraction of sp³-hybridized carbons (Fsp3) is 0.250. The van der Waals surface area contributed by atoms with E-state index < -0.39 is 17.8 Å².